The molecule has 0 spiro atoms. The highest BCUT2D eigenvalue weighted by Gasteiger charge is 2.33. The zero-order valence-corrected chi connectivity index (χ0v) is 9.24. The Kier molecular flexibility index (Phi) is 3.36. The van der Waals surface area contributed by atoms with Crippen molar-refractivity contribution in [1.82, 2.24) is 20.1 Å². The molecule has 0 bridgehead atoms. The van der Waals surface area contributed by atoms with Crippen molar-refractivity contribution in [2.45, 2.75) is 31.8 Å². The fourth-order valence-electron chi connectivity index (χ4n) is 2.14. The van der Waals surface area contributed by atoms with Gasteiger partial charge in [-0.2, -0.15) is 5.10 Å². The predicted octanol–water partition coefficient (Wildman–Crippen LogP) is -0.352. The summed E-state index contributed by atoms with van der Waals surface area (Å²) in [6.45, 7) is 0.0723. The Morgan fingerprint density at radius 2 is 2.29 bits per heavy atom. The second-order valence-corrected chi connectivity index (χ2v) is 4.14. The third-order valence-electron chi connectivity index (χ3n) is 2.95. The Bertz CT molecular complexity index is 404. The summed E-state index contributed by atoms with van der Waals surface area (Å²) >= 11 is 0. The van der Waals surface area contributed by atoms with Gasteiger partial charge in [0.05, 0.1) is 5.92 Å². The van der Waals surface area contributed by atoms with Crippen molar-refractivity contribution in [1.29, 1.82) is 0 Å². The number of carboxylic acid groups (broad SMARTS) is 1. The van der Waals surface area contributed by atoms with Gasteiger partial charge >= 0.3 is 5.97 Å². The monoisotopic (exact) mass is 238 g/mol. The van der Waals surface area contributed by atoms with Gasteiger partial charge in [-0.15, -0.1) is 0 Å². The van der Waals surface area contributed by atoms with Crippen molar-refractivity contribution in [3.8, 4) is 0 Å². The Labute approximate surface area is 97.8 Å². The lowest BCUT2D eigenvalue weighted by Crippen LogP contribution is -2.41. The molecule has 1 amide bonds. The summed E-state index contributed by atoms with van der Waals surface area (Å²) in [5.41, 5.74) is 0. The molecule has 2 N–H and O–H groups in total. The van der Waals surface area contributed by atoms with Crippen LogP contribution in [0.15, 0.2) is 12.7 Å². The van der Waals surface area contributed by atoms with E-state index in [0.717, 1.165) is 12.8 Å². The molecule has 92 valence electrons. The number of nitrogens with zero attached hydrogens (tertiary/aromatic N) is 3. The Hall–Kier alpha value is -1.92. The second kappa shape index (κ2) is 4.94. The lowest BCUT2D eigenvalue weighted by molar-refractivity contribution is -0.142. The number of carbonyl (C=O) groups is 2. The van der Waals surface area contributed by atoms with Crippen LogP contribution in [0.2, 0.25) is 0 Å². The van der Waals surface area contributed by atoms with Gasteiger partial charge in [0.2, 0.25) is 5.91 Å². The van der Waals surface area contributed by atoms with Crippen LogP contribution >= 0.6 is 0 Å². The molecule has 1 aliphatic carbocycles. The van der Waals surface area contributed by atoms with Crippen molar-refractivity contribution in [3.63, 3.8) is 0 Å². The third kappa shape index (κ3) is 2.80. The highest BCUT2D eigenvalue weighted by Crippen LogP contribution is 2.25. The van der Waals surface area contributed by atoms with Gasteiger partial charge in [-0.05, 0) is 12.8 Å². The van der Waals surface area contributed by atoms with Crippen molar-refractivity contribution < 1.29 is 14.7 Å². The molecule has 2 unspecified atom stereocenters. The number of aliphatic carboxylic acids is 1. The number of hydrogen-bond acceptors (Lipinski definition) is 4. The molecule has 17 heavy (non-hydrogen) atoms. The molecule has 2 rings (SSSR count). The molecule has 0 aliphatic heterocycles. The van der Waals surface area contributed by atoms with Gasteiger partial charge in [0, 0.05) is 6.04 Å². The minimum atomic E-state index is -0.839. The second-order valence-electron chi connectivity index (χ2n) is 4.14. The number of rotatable bonds is 4. The fourth-order valence-corrected chi connectivity index (χ4v) is 2.14. The quantitative estimate of drug-likeness (QED) is 0.747. The van der Waals surface area contributed by atoms with Crippen LogP contribution in [0, 0.1) is 5.92 Å². The summed E-state index contributed by atoms with van der Waals surface area (Å²) in [7, 11) is 0. The summed E-state index contributed by atoms with van der Waals surface area (Å²) in [4.78, 5) is 26.3. The smallest absolute Gasteiger partial charge is 0.308 e. The molecule has 0 saturated heterocycles. The molecule has 1 aromatic rings. The van der Waals surface area contributed by atoms with E-state index in [2.05, 4.69) is 15.4 Å². The van der Waals surface area contributed by atoms with E-state index < -0.39 is 11.9 Å². The lowest BCUT2D eigenvalue weighted by Gasteiger charge is -2.17. The van der Waals surface area contributed by atoms with E-state index in [1.807, 2.05) is 0 Å². The van der Waals surface area contributed by atoms with Gasteiger partial charge in [-0.25, -0.2) is 9.67 Å². The topological polar surface area (TPSA) is 97.1 Å². The molecule has 0 aromatic carbocycles. The Morgan fingerprint density at radius 1 is 1.47 bits per heavy atom. The average molecular weight is 238 g/mol. The van der Waals surface area contributed by atoms with Gasteiger partial charge in [0.15, 0.2) is 0 Å². The summed E-state index contributed by atoms with van der Waals surface area (Å²) in [5, 5.41) is 15.5. The Morgan fingerprint density at radius 3 is 2.94 bits per heavy atom. The highest BCUT2D eigenvalue weighted by atomic mass is 16.4. The Balaban J connectivity index is 1.88. The fraction of sp³-hybridized carbons (Fsp3) is 0.600. The van der Waals surface area contributed by atoms with Crippen LogP contribution in [0.4, 0.5) is 0 Å². The lowest BCUT2D eigenvalue weighted by atomic mass is 10.0. The highest BCUT2D eigenvalue weighted by molar-refractivity contribution is 5.78. The molecule has 1 aromatic heterocycles. The molecule has 1 heterocycles. The zero-order chi connectivity index (χ0) is 12.3. The molecule has 1 fully saturated rings. The van der Waals surface area contributed by atoms with Crippen LogP contribution in [0.25, 0.3) is 0 Å². The van der Waals surface area contributed by atoms with Crippen molar-refractivity contribution in [3.05, 3.63) is 12.7 Å². The third-order valence-corrected chi connectivity index (χ3v) is 2.95. The van der Waals surface area contributed by atoms with E-state index in [-0.39, 0.29) is 18.5 Å². The zero-order valence-electron chi connectivity index (χ0n) is 9.24. The van der Waals surface area contributed by atoms with Crippen molar-refractivity contribution >= 4 is 11.9 Å². The van der Waals surface area contributed by atoms with Gasteiger partial charge in [-0.1, -0.05) is 6.42 Å². The average Bonchev–Trinajstić information content (AvgIpc) is 2.88. The molecule has 1 saturated carbocycles. The molecule has 2 atom stereocenters. The largest absolute Gasteiger partial charge is 0.481 e. The number of carboxylic acids is 1. The number of carbonyl (C=O) groups excluding carboxylic acids is 1. The summed E-state index contributed by atoms with van der Waals surface area (Å²) in [5.74, 6) is -1.53. The van der Waals surface area contributed by atoms with Crippen molar-refractivity contribution in [2.24, 2.45) is 5.92 Å². The van der Waals surface area contributed by atoms with E-state index in [1.165, 1.54) is 17.3 Å². The first-order chi connectivity index (χ1) is 8.16. The summed E-state index contributed by atoms with van der Waals surface area (Å²) < 4.78 is 1.40. The van der Waals surface area contributed by atoms with Crippen LogP contribution < -0.4 is 5.32 Å². The maximum absolute atomic E-state index is 11.6. The predicted molar refractivity (Wildman–Crippen MR) is 56.9 cm³/mol. The SMILES string of the molecule is O=C(Cn1cncn1)NC1CCCC1C(=O)O. The summed E-state index contributed by atoms with van der Waals surface area (Å²) in [6.07, 6.45) is 4.99. The van der Waals surface area contributed by atoms with E-state index in [0.29, 0.717) is 6.42 Å². The van der Waals surface area contributed by atoms with Gasteiger partial charge in [0.25, 0.3) is 0 Å². The minimum absolute atomic E-state index is 0.0723. The molecule has 7 nitrogen and oxygen atoms in total. The molecule has 0 radical (unpaired) electrons. The number of nitrogens with one attached hydrogen (secondary N) is 1. The number of aromatic nitrogens is 3. The van der Waals surface area contributed by atoms with Crippen LogP contribution in [0.5, 0.6) is 0 Å². The van der Waals surface area contributed by atoms with Gasteiger partial charge < -0.3 is 10.4 Å². The maximum Gasteiger partial charge on any atom is 0.308 e. The maximum atomic E-state index is 11.6. The van der Waals surface area contributed by atoms with E-state index >= 15 is 0 Å². The first-order valence-electron chi connectivity index (χ1n) is 5.51. The van der Waals surface area contributed by atoms with E-state index in [9.17, 15) is 9.59 Å². The van der Waals surface area contributed by atoms with Crippen LogP contribution in [-0.2, 0) is 16.1 Å². The van der Waals surface area contributed by atoms with Gasteiger partial charge in [0.1, 0.15) is 19.2 Å². The van der Waals surface area contributed by atoms with E-state index in [1.54, 1.807) is 0 Å². The van der Waals surface area contributed by atoms with Crippen LogP contribution in [-0.4, -0.2) is 37.8 Å². The molecule has 1 aliphatic rings. The molecular weight excluding hydrogens is 224 g/mol. The number of hydrogen-bond donors (Lipinski definition) is 2. The number of amides is 1. The first kappa shape index (κ1) is 11.6. The van der Waals surface area contributed by atoms with Crippen molar-refractivity contribution in [2.75, 3.05) is 0 Å². The van der Waals surface area contributed by atoms with E-state index in [4.69, 9.17) is 5.11 Å². The van der Waals surface area contributed by atoms with Crippen LogP contribution in [0.1, 0.15) is 19.3 Å². The standard InChI is InChI=1S/C10H14N4O3/c15-9(4-14-6-11-5-12-14)13-8-3-1-2-7(8)10(16)17/h5-8H,1-4H2,(H,13,15)(H,16,17). The first-order valence-corrected chi connectivity index (χ1v) is 5.51. The normalized spacial score (nSPS) is 23.5. The molecular formula is C10H14N4O3. The molecule has 7 heteroatoms. The van der Waals surface area contributed by atoms with Gasteiger partial charge in [-0.3, -0.25) is 9.59 Å². The van der Waals surface area contributed by atoms with Crippen LogP contribution in [0.3, 0.4) is 0 Å². The minimum Gasteiger partial charge on any atom is -0.481 e. The summed E-state index contributed by atoms with van der Waals surface area (Å²) in [6, 6.07) is -0.261.